The first-order valence-electron chi connectivity index (χ1n) is 28.2. The van der Waals surface area contributed by atoms with Crippen LogP contribution in [0.25, 0.3) is 32.0 Å². The van der Waals surface area contributed by atoms with Crippen LogP contribution in [-0.2, 0) is 47.7 Å². The standard InChI is InChI=1S/C64H69NO17S/c1-5-55(66)75-34-11-7-9-32-73-45-19-13-42(14-20-45)61(69)78-47-21-17-44(18-22-47)63(71)82-52-30-29-50(58-59(52)83-60(65-58)54-39-51-41(4)37-40(3)38-53(51)81-54)64(72)80-48-23-15-43(16-24-48)62(70)79-49-27-25-46(26-28-49)74-33-10-8-12-35-76-57(68)31-36-77-56(67)6-2/h5-6,13-14,19-20,25-30,37-39,43-44,47-48H,1-2,7-12,15-18,21-24,31-36H2,3-4H3/t43-,44-,47-,48-. The molecule has 2 saturated carbocycles. The zero-order chi connectivity index (χ0) is 58.7. The quantitative estimate of drug-likeness (QED) is 0.0146. The lowest BCUT2D eigenvalue weighted by molar-refractivity contribution is -0.147. The van der Waals surface area contributed by atoms with Crippen LogP contribution in [-0.4, -0.2) is 92.0 Å². The Morgan fingerprint density at radius 1 is 0.590 bits per heavy atom. The number of nitrogens with zero attached hydrogens (tertiary/aromatic N) is 1. The van der Waals surface area contributed by atoms with Crippen LogP contribution >= 0.6 is 11.3 Å². The summed E-state index contributed by atoms with van der Waals surface area (Å²) in [7, 11) is 0. The molecule has 4 aromatic carbocycles. The molecule has 0 amide bonds. The van der Waals surface area contributed by atoms with Crippen molar-refractivity contribution in [3.63, 3.8) is 0 Å². The summed E-state index contributed by atoms with van der Waals surface area (Å²) in [6.07, 6.45) is 9.42. The van der Waals surface area contributed by atoms with E-state index in [9.17, 15) is 33.6 Å². The maximum absolute atomic E-state index is 14.1. The van der Waals surface area contributed by atoms with Gasteiger partial charge in [-0.15, -0.1) is 11.3 Å². The smallest absolute Gasteiger partial charge is 0.340 e. The highest BCUT2D eigenvalue weighted by molar-refractivity contribution is 7.22. The minimum atomic E-state index is -0.594. The average molecular weight is 1160 g/mol. The van der Waals surface area contributed by atoms with Crippen molar-refractivity contribution in [2.75, 3.05) is 33.0 Å². The molecule has 0 bridgehead atoms. The van der Waals surface area contributed by atoms with E-state index in [1.165, 1.54) is 11.3 Å². The summed E-state index contributed by atoms with van der Waals surface area (Å²) in [5.74, 6) is -1.80. The van der Waals surface area contributed by atoms with Gasteiger partial charge in [-0.1, -0.05) is 19.2 Å². The fourth-order valence-corrected chi connectivity index (χ4v) is 10.8. The van der Waals surface area contributed by atoms with Gasteiger partial charge >= 0.3 is 41.8 Å². The van der Waals surface area contributed by atoms with Gasteiger partial charge < -0.3 is 47.0 Å². The van der Waals surface area contributed by atoms with Gasteiger partial charge in [0.1, 0.15) is 52.9 Å². The van der Waals surface area contributed by atoms with E-state index in [1.54, 1.807) is 60.7 Å². The summed E-state index contributed by atoms with van der Waals surface area (Å²) in [5, 5.41) is 1.42. The van der Waals surface area contributed by atoms with E-state index < -0.39 is 47.8 Å². The van der Waals surface area contributed by atoms with Crippen LogP contribution in [0.2, 0.25) is 0 Å². The number of aryl methyl sites for hydroxylation is 2. The summed E-state index contributed by atoms with van der Waals surface area (Å²) in [5.41, 5.74) is 3.67. The van der Waals surface area contributed by atoms with E-state index in [1.807, 2.05) is 26.0 Å². The largest absolute Gasteiger partial charge is 0.494 e. The molecule has 0 spiro atoms. The van der Waals surface area contributed by atoms with E-state index in [-0.39, 0.29) is 48.9 Å². The number of furan rings is 1. The Bertz CT molecular complexity index is 3250. The Kier molecular flexibility index (Phi) is 22.0. The SMILES string of the molecule is C=CC(=O)OCCCCCOc1ccc(C(=O)O[C@H]2CC[C@H](C(=O)Oc3ccc(C(=O)O[C@H]4CC[C@H](C(=O)Oc5ccc(OCCCCCOC(=O)CCOC(=O)C=C)cc5)CC4)c4nc(-c5cc6c(C)cc(C)cc6o5)sc34)CC2)cc1. The highest BCUT2D eigenvalue weighted by Crippen LogP contribution is 2.42. The van der Waals surface area contributed by atoms with Gasteiger partial charge in [-0.25, -0.2) is 24.2 Å². The molecule has 2 aliphatic rings. The van der Waals surface area contributed by atoms with Gasteiger partial charge in [-0.2, -0.15) is 0 Å². The highest BCUT2D eigenvalue weighted by atomic mass is 32.1. The number of esters is 7. The molecule has 0 atom stereocenters. The number of fused-ring (bicyclic) bond motifs is 2. The Labute approximate surface area is 485 Å². The van der Waals surface area contributed by atoms with Crippen LogP contribution in [0.15, 0.2) is 109 Å². The monoisotopic (exact) mass is 1160 g/mol. The van der Waals surface area contributed by atoms with Crippen LogP contribution in [0.4, 0.5) is 0 Å². The second-order valence-corrected chi connectivity index (χ2v) is 21.5. The van der Waals surface area contributed by atoms with E-state index in [0.717, 1.165) is 60.8 Å². The Morgan fingerprint density at radius 3 is 1.75 bits per heavy atom. The first-order chi connectivity index (χ1) is 40.2. The molecule has 0 saturated heterocycles. The second-order valence-electron chi connectivity index (χ2n) is 20.5. The number of ether oxygens (including phenoxy) is 9. The average Bonchev–Trinajstić information content (AvgIpc) is 2.53. The Balaban J connectivity index is 0.804. The third-order valence-electron chi connectivity index (χ3n) is 14.3. The molecule has 2 aromatic heterocycles. The number of carbonyl (C=O) groups is 7. The third-order valence-corrected chi connectivity index (χ3v) is 15.4. The fraction of sp³-hybridized carbons (Fsp3) is 0.406. The normalized spacial score (nSPS) is 16.7. The molecule has 0 radical (unpaired) electrons. The lowest BCUT2D eigenvalue weighted by Crippen LogP contribution is -2.30. The van der Waals surface area contributed by atoms with E-state index in [0.29, 0.717) is 127 Å². The first kappa shape index (κ1) is 60.8. The van der Waals surface area contributed by atoms with Crippen molar-refractivity contribution in [1.82, 2.24) is 4.98 Å². The van der Waals surface area contributed by atoms with Crippen LogP contribution in [0.5, 0.6) is 23.0 Å². The van der Waals surface area contributed by atoms with Crippen molar-refractivity contribution in [3.8, 4) is 33.8 Å². The molecule has 0 unspecified atom stereocenters. The number of hydrogen-bond donors (Lipinski definition) is 0. The van der Waals surface area contributed by atoms with Crippen molar-refractivity contribution in [1.29, 1.82) is 0 Å². The molecule has 8 rings (SSSR count). The van der Waals surface area contributed by atoms with Gasteiger partial charge in [-0.05, 0) is 188 Å². The third kappa shape index (κ3) is 17.6. The van der Waals surface area contributed by atoms with Gasteiger partial charge in [0, 0.05) is 17.5 Å². The predicted molar refractivity (Wildman–Crippen MR) is 307 cm³/mol. The van der Waals surface area contributed by atoms with Crippen LogP contribution in [0.1, 0.15) is 128 Å². The van der Waals surface area contributed by atoms with Gasteiger partial charge in [0.25, 0.3) is 0 Å². The molecule has 2 aliphatic carbocycles. The maximum atomic E-state index is 14.1. The summed E-state index contributed by atoms with van der Waals surface area (Å²) < 4.78 is 57.1. The van der Waals surface area contributed by atoms with Crippen LogP contribution in [0, 0.1) is 25.7 Å². The molecule has 438 valence electrons. The topological polar surface area (TPSA) is 229 Å². The minimum absolute atomic E-state index is 0.0176. The van der Waals surface area contributed by atoms with Crippen LogP contribution < -0.4 is 18.9 Å². The molecular weight excluding hydrogens is 1090 g/mol. The number of carbonyl (C=O) groups excluding carboxylic acids is 7. The van der Waals surface area contributed by atoms with Crippen LogP contribution in [0.3, 0.4) is 0 Å². The fourth-order valence-electron chi connectivity index (χ4n) is 9.80. The molecule has 6 aromatic rings. The summed E-state index contributed by atoms with van der Waals surface area (Å²) in [4.78, 5) is 93.3. The number of hydrogen-bond acceptors (Lipinski definition) is 19. The lowest BCUT2D eigenvalue weighted by atomic mass is 9.87. The van der Waals surface area contributed by atoms with Crippen molar-refractivity contribution < 1.29 is 80.6 Å². The minimum Gasteiger partial charge on any atom is -0.494 e. The molecule has 0 aliphatic heterocycles. The Hall–Kier alpha value is -8.32. The molecule has 2 fully saturated rings. The van der Waals surface area contributed by atoms with E-state index in [2.05, 4.69) is 19.2 Å². The van der Waals surface area contributed by atoms with Crippen molar-refractivity contribution in [3.05, 3.63) is 126 Å². The predicted octanol–water partition coefficient (Wildman–Crippen LogP) is 12.5. The van der Waals surface area contributed by atoms with Crippen molar-refractivity contribution in [2.45, 2.75) is 122 Å². The maximum Gasteiger partial charge on any atom is 0.340 e. The first-order valence-corrected chi connectivity index (χ1v) is 29.0. The highest BCUT2D eigenvalue weighted by Gasteiger charge is 2.33. The molecule has 0 N–H and O–H groups in total. The molecule has 18 nitrogen and oxygen atoms in total. The number of rotatable bonds is 28. The van der Waals surface area contributed by atoms with Gasteiger partial charge in [-0.3, -0.25) is 14.4 Å². The summed E-state index contributed by atoms with van der Waals surface area (Å²) in [6, 6.07) is 22.7. The van der Waals surface area contributed by atoms with E-state index >= 15 is 0 Å². The zero-order valence-electron chi connectivity index (χ0n) is 46.8. The number of aromatic nitrogens is 1. The molecule has 2 heterocycles. The molecule has 83 heavy (non-hydrogen) atoms. The lowest BCUT2D eigenvalue weighted by Gasteiger charge is -2.27. The zero-order valence-corrected chi connectivity index (χ0v) is 47.6. The number of benzene rings is 4. The molecule has 19 heteroatoms. The van der Waals surface area contributed by atoms with Gasteiger partial charge in [0.15, 0.2) is 10.8 Å². The van der Waals surface area contributed by atoms with E-state index in [4.69, 9.17) is 52.0 Å². The van der Waals surface area contributed by atoms with Gasteiger partial charge in [0.2, 0.25) is 0 Å². The number of thiazole rings is 1. The number of unbranched alkanes of at least 4 members (excludes halogenated alkanes) is 4. The van der Waals surface area contributed by atoms with Crippen molar-refractivity contribution in [2.24, 2.45) is 11.8 Å². The molecular formula is C64H69NO17S. The second kappa shape index (κ2) is 30.1. The summed E-state index contributed by atoms with van der Waals surface area (Å²) in [6.45, 7) is 12.1. The summed E-state index contributed by atoms with van der Waals surface area (Å²) >= 11 is 1.24. The Morgan fingerprint density at radius 2 is 1.13 bits per heavy atom. The van der Waals surface area contributed by atoms with Gasteiger partial charge in [0.05, 0.1) is 60.5 Å². The van der Waals surface area contributed by atoms with Crippen molar-refractivity contribution >= 4 is 74.3 Å².